The highest BCUT2D eigenvalue weighted by molar-refractivity contribution is 7.91. The first-order valence-electron chi connectivity index (χ1n) is 2.88. The Bertz CT molecular complexity index is 449. The molecule has 0 atom stereocenters. The molecule has 1 rings (SSSR count). The van der Waals surface area contributed by atoms with Crippen LogP contribution in [0.4, 0.5) is 0 Å². The Hall–Kier alpha value is -0.630. The Morgan fingerprint density at radius 3 is 2.46 bits per heavy atom. The predicted molar refractivity (Wildman–Crippen MR) is 47.7 cm³/mol. The molecule has 0 aromatic carbocycles. The molecule has 1 aromatic heterocycles. The van der Waals surface area contributed by atoms with Gasteiger partial charge >= 0.3 is 5.97 Å². The third kappa shape index (κ3) is 2.19. The molecule has 0 aliphatic heterocycles. The van der Waals surface area contributed by atoms with E-state index in [0.29, 0.717) is 11.3 Å². The van der Waals surface area contributed by atoms with Crippen LogP contribution in [0.2, 0.25) is 4.34 Å². The zero-order chi connectivity index (χ0) is 10.2. The fourth-order valence-corrected chi connectivity index (χ4v) is 2.98. The fourth-order valence-electron chi connectivity index (χ4n) is 0.706. The van der Waals surface area contributed by atoms with Gasteiger partial charge in [0.1, 0.15) is 0 Å². The number of primary sulfonamides is 1. The second-order valence-corrected chi connectivity index (χ2v) is 5.54. The van der Waals surface area contributed by atoms with E-state index in [0.717, 1.165) is 6.07 Å². The summed E-state index contributed by atoms with van der Waals surface area (Å²) in [5.41, 5.74) is -0.391. The van der Waals surface area contributed by atoms with Crippen molar-refractivity contribution in [3.8, 4) is 0 Å². The Morgan fingerprint density at radius 2 is 2.15 bits per heavy atom. The third-order valence-electron chi connectivity index (χ3n) is 1.16. The molecule has 13 heavy (non-hydrogen) atoms. The van der Waals surface area contributed by atoms with Crippen LogP contribution in [0.15, 0.2) is 10.3 Å². The molecule has 0 amide bonds. The maximum atomic E-state index is 10.8. The van der Waals surface area contributed by atoms with Gasteiger partial charge in [-0.15, -0.1) is 11.3 Å². The van der Waals surface area contributed by atoms with Crippen LogP contribution >= 0.6 is 22.9 Å². The van der Waals surface area contributed by atoms with Crippen LogP contribution in [0, 0.1) is 0 Å². The minimum absolute atomic E-state index is 0.0708. The van der Waals surface area contributed by atoms with E-state index in [4.69, 9.17) is 21.8 Å². The first kappa shape index (κ1) is 10.5. The van der Waals surface area contributed by atoms with E-state index in [-0.39, 0.29) is 4.34 Å². The zero-order valence-electron chi connectivity index (χ0n) is 6.02. The van der Waals surface area contributed by atoms with Crippen molar-refractivity contribution in [2.45, 2.75) is 4.21 Å². The Labute approximate surface area is 82.8 Å². The first-order valence-corrected chi connectivity index (χ1v) is 5.62. The quantitative estimate of drug-likeness (QED) is 0.798. The number of sulfonamides is 1. The fraction of sp³-hybridized carbons (Fsp3) is 0. The molecule has 0 aliphatic carbocycles. The molecule has 0 saturated carbocycles. The highest BCUT2D eigenvalue weighted by atomic mass is 35.5. The lowest BCUT2D eigenvalue weighted by molar-refractivity contribution is 0.0693. The second-order valence-electron chi connectivity index (χ2n) is 2.10. The topological polar surface area (TPSA) is 97.5 Å². The van der Waals surface area contributed by atoms with E-state index in [1.54, 1.807) is 0 Å². The summed E-state index contributed by atoms with van der Waals surface area (Å²) in [5.74, 6) is -1.37. The number of hydrogen-bond acceptors (Lipinski definition) is 4. The molecule has 0 bridgehead atoms. The summed E-state index contributed by atoms with van der Waals surface area (Å²) in [5, 5.41) is 13.3. The molecule has 0 saturated heterocycles. The van der Waals surface area contributed by atoms with Crippen molar-refractivity contribution >= 4 is 38.9 Å². The van der Waals surface area contributed by atoms with Crippen LogP contribution in [-0.2, 0) is 10.0 Å². The van der Waals surface area contributed by atoms with Crippen LogP contribution in [0.1, 0.15) is 10.4 Å². The van der Waals surface area contributed by atoms with Crippen molar-refractivity contribution in [2.24, 2.45) is 5.14 Å². The number of nitrogens with two attached hydrogens (primary N) is 1. The number of aromatic carboxylic acids is 1. The molecule has 3 N–H and O–H groups in total. The van der Waals surface area contributed by atoms with E-state index >= 15 is 0 Å². The lowest BCUT2D eigenvalue weighted by Gasteiger charge is -1.93. The van der Waals surface area contributed by atoms with Crippen molar-refractivity contribution in [2.75, 3.05) is 0 Å². The van der Waals surface area contributed by atoms with E-state index < -0.39 is 25.8 Å². The summed E-state index contributed by atoms with van der Waals surface area (Å²) in [7, 11) is -4.00. The molecule has 0 fully saturated rings. The van der Waals surface area contributed by atoms with E-state index in [1.807, 2.05) is 0 Å². The number of rotatable bonds is 2. The van der Waals surface area contributed by atoms with Crippen LogP contribution < -0.4 is 5.14 Å². The molecule has 1 heterocycles. The van der Waals surface area contributed by atoms with Gasteiger partial charge in [0.25, 0.3) is 0 Å². The molecule has 5 nitrogen and oxygen atoms in total. The number of carboxylic acids is 1. The average Bonchev–Trinajstić information content (AvgIpc) is 2.29. The summed E-state index contributed by atoms with van der Waals surface area (Å²) < 4.78 is 21.3. The van der Waals surface area contributed by atoms with Crippen molar-refractivity contribution in [3.63, 3.8) is 0 Å². The van der Waals surface area contributed by atoms with Gasteiger partial charge in [-0.2, -0.15) is 0 Å². The van der Waals surface area contributed by atoms with Crippen LogP contribution in [0.3, 0.4) is 0 Å². The molecular formula is C5H4ClNO4S2. The van der Waals surface area contributed by atoms with Gasteiger partial charge in [-0.25, -0.2) is 18.4 Å². The smallest absolute Gasteiger partial charge is 0.338 e. The van der Waals surface area contributed by atoms with Gasteiger partial charge in [0.2, 0.25) is 10.0 Å². The largest absolute Gasteiger partial charge is 0.478 e. The van der Waals surface area contributed by atoms with Gasteiger partial charge in [0.05, 0.1) is 9.90 Å². The minimum Gasteiger partial charge on any atom is -0.478 e. The third-order valence-corrected chi connectivity index (χ3v) is 3.90. The summed E-state index contributed by atoms with van der Waals surface area (Å²) in [6.07, 6.45) is 0. The molecule has 0 unspecified atom stereocenters. The van der Waals surface area contributed by atoms with Crippen LogP contribution in [-0.4, -0.2) is 19.5 Å². The first-order chi connectivity index (χ1) is 5.82. The molecular weight excluding hydrogens is 238 g/mol. The number of carboxylic acid groups (broad SMARTS) is 1. The standard InChI is InChI=1S/C5H4ClNO4S2/c6-3-1-2(4(8)9)5(12-3)13(7,10)11/h1H,(H,8,9)(H2,7,10,11). The van der Waals surface area contributed by atoms with Gasteiger partial charge in [-0.1, -0.05) is 11.6 Å². The maximum absolute atomic E-state index is 10.8. The Morgan fingerprint density at radius 1 is 1.62 bits per heavy atom. The zero-order valence-corrected chi connectivity index (χ0v) is 8.41. The summed E-state index contributed by atoms with van der Waals surface area (Å²) in [6.45, 7) is 0. The van der Waals surface area contributed by atoms with Gasteiger partial charge < -0.3 is 5.11 Å². The van der Waals surface area contributed by atoms with Crippen molar-refractivity contribution < 1.29 is 18.3 Å². The lowest BCUT2D eigenvalue weighted by Crippen LogP contribution is -2.14. The van der Waals surface area contributed by atoms with Crippen molar-refractivity contribution in [3.05, 3.63) is 16.0 Å². The van der Waals surface area contributed by atoms with E-state index in [9.17, 15) is 13.2 Å². The Kier molecular flexibility index (Phi) is 2.62. The maximum Gasteiger partial charge on any atom is 0.338 e. The summed E-state index contributed by atoms with van der Waals surface area (Å²) >= 11 is 6.07. The number of carbonyl (C=O) groups is 1. The molecule has 72 valence electrons. The monoisotopic (exact) mass is 241 g/mol. The van der Waals surface area contributed by atoms with Crippen molar-refractivity contribution in [1.82, 2.24) is 0 Å². The van der Waals surface area contributed by atoms with Crippen molar-refractivity contribution in [1.29, 1.82) is 0 Å². The van der Waals surface area contributed by atoms with Gasteiger partial charge in [-0.3, -0.25) is 0 Å². The number of halogens is 1. The Balaban J connectivity index is 3.46. The lowest BCUT2D eigenvalue weighted by atomic mass is 10.3. The molecule has 0 aliphatic rings. The number of thiophene rings is 1. The second kappa shape index (κ2) is 3.26. The van der Waals surface area contributed by atoms with E-state index in [1.165, 1.54) is 0 Å². The van der Waals surface area contributed by atoms with Gasteiger partial charge in [0.15, 0.2) is 4.21 Å². The molecule has 8 heteroatoms. The summed E-state index contributed by atoms with van der Waals surface area (Å²) in [6, 6.07) is 1.05. The van der Waals surface area contributed by atoms with Gasteiger partial charge in [-0.05, 0) is 6.07 Å². The summed E-state index contributed by atoms with van der Waals surface area (Å²) in [4.78, 5) is 10.5. The minimum atomic E-state index is -4.00. The predicted octanol–water partition coefficient (Wildman–Crippen LogP) is 0.747. The normalized spacial score (nSPS) is 11.5. The van der Waals surface area contributed by atoms with E-state index in [2.05, 4.69) is 0 Å². The highest BCUT2D eigenvalue weighted by Crippen LogP contribution is 2.29. The highest BCUT2D eigenvalue weighted by Gasteiger charge is 2.22. The number of hydrogen-bond donors (Lipinski definition) is 2. The average molecular weight is 242 g/mol. The molecule has 0 spiro atoms. The molecule has 1 aromatic rings. The SMILES string of the molecule is NS(=O)(=O)c1sc(Cl)cc1C(=O)O. The van der Waals surface area contributed by atoms with Crippen LogP contribution in [0.25, 0.3) is 0 Å². The molecule has 0 radical (unpaired) electrons. The van der Waals surface area contributed by atoms with Gasteiger partial charge in [0, 0.05) is 0 Å². The van der Waals surface area contributed by atoms with Crippen LogP contribution in [0.5, 0.6) is 0 Å².